The van der Waals surface area contributed by atoms with Crippen LogP contribution >= 0.6 is 11.6 Å². The molecule has 0 aliphatic rings. The first-order chi connectivity index (χ1) is 10.5. The minimum atomic E-state index is -0.595. The highest BCUT2D eigenvalue weighted by Gasteiger charge is 2.12. The molecule has 22 heavy (non-hydrogen) atoms. The van der Waals surface area contributed by atoms with E-state index >= 15 is 0 Å². The van der Waals surface area contributed by atoms with Crippen LogP contribution in [0.15, 0.2) is 42.5 Å². The molecule has 0 heterocycles. The first kappa shape index (κ1) is 16.7. The largest absolute Gasteiger partial charge is 0.489 e. The Morgan fingerprint density at radius 1 is 1.18 bits per heavy atom. The molecule has 2 aromatic carbocycles. The van der Waals surface area contributed by atoms with E-state index in [4.69, 9.17) is 16.3 Å². The second kappa shape index (κ2) is 7.52. The number of hydrogen-bond acceptors (Lipinski definition) is 3. The van der Waals surface area contributed by atoms with Crippen molar-refractivity contribution in [2.24, 2.45) is 0 Å². The number of para-hydroxylation sites is 1. The first-order valence-electron chi connectivity index (χ1n) is 7.31. The molecule has 3 nitrogen and oxygen atoms in total. The van der Waals surface area contributed by atoms with Gasteiger partial charge in [0.1, 0.15) is 18.5 Å². The topological polar surface area (TPSA) is 32.7 Å². The van der Waals surface area contributed by atoms with Gasteiger partial charge in [0.05, 0.1) is 5.02 Å². The van der Waals surface area contributed by atoms with Crippen LogP contribution < -0.4 is 9.64 Å². The van der Waals surface area contributed by atoms with E-state index < -0.39 is 6.10 Å². The molecule has 0 amide bonds. The van der Waals surface area contributed by atoms with Crippen molar-refractivity contribution in [3.8, 4) is 5.75 Å². The molecule has 0 radical (unpaired) electrons. The van der Waals surface area contributed by atoms with Crippen LogP contribution in [0.1, 0.15) is 11.1 Å². The maximum absolute atomic E-state index is 10.2. The van der Waals surface area contributed by atoms with Gasteiger partial charge in [-0.1, -0.05) is 41.4 Å². The standard InChI is InChI=1S/C18H22ClNO2/c1-13-8-9-17(14(2)10-13)20(3)11-15(21)12-22-18-7-5-4-6-16(18)19/h4-10,15,21H,11-12H2,1-3H3. The van der Waals surface area contributed by atoms with Crippen LogP contribution in [-0.4, -0.2) is 31.4 Å². The molecule has 0 fully saturated rings. The number of hydrogen-bond donors (Lipinski definition) is 1. The lowest BCUT2D eigenvalue weighted by atomic mass is 10.1. The van der Waals surface area contributed by atoms with E-state index in [9.17, 15) is 5.11 Å². The molecule has 0 aliphatic carbocycles. The zero-order valence-corrected chi connectivity index (χ0v) is 14.0. The maximum atomic E-state index is 10.2. The summed E-state index contributed by atoms with van der Waals surface area (Å²) in [5.41, 5.74) is 3.54. The third kappa shape index (κ3) is 4.39. The van der Waals surface area contributed by atoms with Crippen molar-refractivity contribution in [2.75, 3.05) is 25.1 Å². The first-order valence-corrected chi connectivity index (χ1v) is 7.69. The van der Waals surface area contributed by atoms with Gasteiger partial charge in [-0.3, -0.25) is 0 Å². The Hall–Kier alpha value is -1.71. The van der Waals surface area contributed by atoms with Gasteiger partial charge in [-0.2, -0.15) is 0 Å². The van der Waals surface area contributed by atoms with Crippen molar-refractivity contribution < 1.29 is 9.84 Å². The zero-order chi connectivity index (χ0) is 16.1. The van der Waals surface area contributed by atoms with Gasteiger partial charge in [-0.25, -0.2) is 0 Å². The third-order valence-electron chi connectivity index (χ3n) is 3.52. The van der Waals surface area contributed by atoms with Crippen LogP contribution in [0.5, 0.6) is 5.75 Å². The molecule has 1 N–H and O–H groups in total. The van der Waals surface area contributed by atoms with Gasteiger partial charge in [0.15, 0.2) is 0 Å². The molecular formula is C18H22ClNO2. The van der Waals surface area contributed by atoms with E-state index in [1.807, 2.05) is 24.1 Å². The number of aliphatic hydroxyl groups excluding tert-OH is 1. The summed E-state index contributed by atoms with van der Waals surface area (Å²) in [5, 5.41) is 10.7. The van der Waals surface area contributed by atoms with Crippen LogP contribution in [0, 0.1) is 13.8 Å². The summed E-state index contributed by atoms with van der Waals surface area (Å²) in [6.45, 7) is 4.85. The van der Waals surface area contributed by atoms with Gasteiger partial charge in [-0.05, 0) is 37.6 Å². The number of anilines is 1. The van der Waals surface area contributed by atoms with Crippen LogP contribution in [0.25, 0.3) is 0 Å². The summed E-state index contributed by atoms with van der Waals surface area (Å²) in [6, 6.07) is 13.6. The quantitative estimate of drug-likeness (QED) is 0.878. The highest BCUT2D eigenvalue weighted by molar-refractivity contribution is 6.32. The summed E-state index contributed by atoms with van der Waals surface area (Å²) >= 11 is 6.03. The highest BCUT2D eigenvalue weighted by atomic mass is 35.5. The van der Waals surface area contributed by atoms with Gasteiger partial charge >= 0.3 is 0 Å². The van der Waals surface area contributed by atoms with E-state index in [-0.39, 0.29) is 6.61 Å². The Kier molecular flexibility index (Phi) is 5.69. The second-order valence-corrected chi connectivity index (χ2v) is 5.97. The summed E-state index contributed by atoms with van der Waals surface area (Å²) in [6.07, 6.45) is -0.595. The van der Waals surface area contributed by atoms with E-state index in [1.54, 1.807) is 12.1 Å². The van der Waals surface area contributed by atoms with Crippen molar-refractivity contribution in [3.63, 3.8) is 0 Å². The third-order valence-corrected chi connectivity index (χ3v) is 3.83. The smallest absolute Gasteiger partial charge is 0.138 e. The summed E-state index contributed by atoms with van der Waals surface area (Å²) in [5.74, 6) is 0.595. The number of halogens is 1. The van der Waals surface area contributed by atoms with Crippen molar-refractivity contribution in [2.45, 2.75) is 20.0 Å². The van der Waals surface area contributed by atoms with Crippen molar-refractivity contribution in [1.29, 1.82) is 0 Å². The fourth-order valence-electron chi connectivity index (χ4n) is 2.45. The monoisotopic (exact) mass is 319 g/mol. The number of aliphatic hydroxyl groups is 1. The fraction of sp³-hybridized carbons (Fsp3) is 0.333. The molecule has 2 aromatic rings. The average Bonchev–Trinajstić information content (AvgIpc) is 2.46. The van der Waals surface area contributed by atoms with E-state index in [0.717, 1.165) is 5.69 Å². The van der Waals surface area contributed by atoms with E-state index in [1.165, 1.54) is 11.1 Å². The number of ether oxygens (including phenoxy) is 1. The molecule has 0 saturated heterocycles. The average molecular weight is 320 g/mol. The van der Waals surface area contributed by atoms with Crippen molar-refractivity contribution >= 4 is 17.3 Å². The second-order valence-electron chi connectivity index (χ2n) is 5.57. The van der Waals surface area contributed by atoms with Crippen LogP contribution in [0.4, 0.5) is 5.69 Å². The molecule has 1 unspecified atom stereocenters. The molecule has 0 bridgehead atoms. The maximum Gasteiger partial charge on any atom is 0.138 e. The molecular weight excluding hydrogens is 298 g/mol. The van der Waals surface area contributed by atoms with Gasteiger partial charge in [0.25, 0.3) is 0 Å². The van der Waals surface area contributed by atoms with Gasteiger partial charge < -0.3 is 14.7 Å². The Labute approximate surface area is 137 Å². The number of aryl methyl sites for hydroxylation is 2. The van der Waals surface area contributed by atoms with Crippen molar-refractivity contribution in [1.82, 2.24) is 0 Å². The Morgan fingerprint density at radius 3 is 2.59 bits per heavy atom. The van der Waals surface area contributed by atoms with E-state index in [2.05, 4.69) is 32.0 Å². The number of likely N-dealkylation sites (N-methyl/N-ethyl adjacent to an activating group) is 1. The van der Waals surface area contributed by atoms with Crippen LogP contribution in [0.2, 0.25) is 5.02 Å². The highest BCUT2D eigenvalue weighted by Crippen LogP contribution is 2.23. The lowest BCUT2D eigenvalue weighted by Crippen LogP contribution is -2.33. The predicted molar refractivity (Wildman–Crippen MR) is 92.1 cm³/mol. The minimum absolute atomic E-state index is 0.207. The number of rotatable bonds is 6. The normalized spacial score (nSPS) is 12.0. The Morgan fingerprint density at radius 2 is 1.91 bits per heavy atom. The zero-order valence-electron chi connectivity index (χ0n) is 13.2. The molecule has 2 rings (SSSR count). The molecule has 1 atom stereocenters. The molecule has 0 saturated carbocycles. The SMILES string of the molecule is Cc1ccc(N(C)CC(O)COc2ccccc2Cl)c(C)c1. The molecule has 118 valence electrons. The molecule has 0 aliphatic heterocycles. The van der Waals surface area contributed by atoms with Gasteiger partial charge in [0, 0.05) is 19.3 Å². The number of nitrogens with zero attached hydrogens (tertiary/aromatic N) is 1. The fourth-order valence-corrected chi connectivity index (χ4v) is 2.64. The van der Waals surface area contributed by atoms with Gasteiger partial charge in [0.2, 0.25) is 0 Å². The number of benzene rings is 2. The van der Waals surface area contributed by atoms with Crippen molar-refractivity contribution in [3.05, 3.63) is 58.6 Å². The Bertz CT molecular complexity index is 630. The Balaban J connectivity index is 1.91. The molecule has 0 spiro atoms. The minimum Gasteiger partial charge on any atom is -0.489 e. The molecule has 0 aromatic heterocycles. The summed E-state index contributed by atoms with van der Waals surface area (Å²) < 4.78 is 5.58. The lowest BCUT2D eigenvalue weighted by molar-refractivity contribution is 0.113. The summed E-state index contributed by atoms with van der Waals surface area (Å²) in [7, 11) is 1.97. The van der Waals surface area contributed by atoms with E-state index in [0.29, 0.717) is 17.3 Å². The molecule has 4 heteroatoms. The van der Waals surface area contributed by atoms with Crippen LogP contribution in [-0.2, 0) is 0 Å². The van der Waals surface area contributed by atoms with Crippen LogP contribution in [0.3, 0.4) is 0 Å². The summed E-state index contributed by atoms with van der Waals surface area (Å²) in [4.78, 5) is 2.04. The predicted octanol–water partition coefficient (Wildman–Crippen LogP) is 3.83. The van der Waals surface area contributed by atoms with Gasteiger partial charge in [-0.15, -0.1) is 0 Å². The lowest BCUT2D eigenvalue weighted by Gasteiger charge is -2.24.